The molecular formula is C29H32F3N7O5. The number of piperazine rings is 1. The Bertz CT molecular complexity index is 1500. The predicted molar refractivity (Wildman–Crippen MR) is 151 cm³/mol. The molecule has 1 saturated heterocycles. The quantitative estimate of drug-likeness (QED) is 0.280. The van der Waals surface area contributed by atoms with Gasteiger partial charge in [-0.25, -0.2) is 14.6 Å². The Labute approximate surface area is 251 Å². The molecule has 0 aliphatic carbocycles. The first kappa shape index (κ1) is 32.2. The molecule has 0 unspecified atom stereocenters. The summed E-state index contributed by atoms with van der Waals surface area (Å²) in [5.74, 6) is 0.261. The first-order valence-corrected chi connectivity index (χ1v) is 13.9. The summed E-state index contributed by atoms with van der Waals surface area (Å²) in [5.41, 5.74) is -1.83. The van der Waals surface area contributed by atoms with Gasteiger partial charge in [-0.3, -0.25) is 9.59 Å². The van der Waals surface area contributed by atoms with Crippen molar-refractivity contribution in [1.29, 1.82) is 5.26 Å². The first-order valence-electron chi connectivity index (χ1n) is 13.9. The maximum absolute atomic E-state index is 14.0. The second-order valence-corrected chi connectivity index (χ2v) is 9.92. The SMILES string of the molecule is CC[C@@H](COCCC(=O)N1CCN(c2ncc(C#N)cn2)CC1)Oc1cnn(Cc2ccc(OC)cc2)c(=O)c1C(F)(F)F. The summed E-state index contributed by atoms with van der Waals surface area (Å²) < 4.78 is 58.9. The van der Waals surface area contributed by atoms with Gasteiger partial charge < -0.3 is 24.0 Å². The number of hydrogen-bond donors (Lipinski definition) is 0. The number of carbonyl (C=O) groups excluding carboxylic acids is 1. The average Bonchev–Trinajstić information content (AvgIpc) is 3.03. The molecule has 0 spiro atoms. The lowest BCUT2D eigenvalue weighted by Crippen LogP contribution is -2.49. The lowest BCUT2D eigenvalue weighted by atomic mass is 10.2. The van der Waals surface area contributed by atoms with Crippen LogP contribution in [0, 0.1) is 11.3 Å². The van der Waals surface area contributed by atoms with Crippen molar-refractivity contribution in [3.05, 3.63) is 69.9 Å². The number of carbonyl (C=O) groups is 1. The van der Waals surface area contributed by atoms with Crippen molar-refractivity contribution in [3.8, 4) is 17.6 Å². The van der Waals surface area contributed by atoms with Gasteiger partial charge in [0, 0.05) is 26.2 Å². The molecule has 44 heavy (non-hydrogen) atoms. The van der Waals surface area contributed by atoms with Gasteiger partial charge in [-0.05, 0) is 24.1 Å². The zero-order valence-electron chi connectivity index (χ0n) is 24.3. The molecule has 4 rings (SSSR count). The Morgan fingerprint density at radius 2 is 1.77 bits per heavy atom. The summed E-state index contributed by atoms with van der Waals surface area (Å²) in [6.07, 6.45) is -1.62. The third kappa shape index (κ3) is 8.22. The Balaban J connectivity index is 1.28. The van der Waals surface area contributed by atoms with Gasteiger partial charge in [-0.2, -0.15) is 23.5 Å². The van der Waals surface area contributed by atoms with Crippen LogP contribution in [-0.4, -0.2) is 83.2 Å². The van der Waals surface area contributed by atoms with Gasteiger partial charge in [-0.15, -0.1) is 0 Å². The van der Waals surface area contributed by atoms with E-state index >= 15 is 0 Å². The summed E-state index contributed by atoms with van der Waals surface area (Å²) >= 11 is 0. The highest BCUT2D eigenvalue weighted by molar-refractivity contribution is 5.76. The maximum Gasteiger partial charge on any atom is 0.425 e. The number of amides is 1. The highest BCUT2D eigenvalue weighted by Gasteiger charge is 2.39. The average molecular weight is 616 g/mol. The van der Waals surface area contributed by atoms with Gasteiger partial charge in [0.15, 0.2) is 11.3 Å². The van der Waals surface area contributed by atoms with Crippen molar-refractivity contribution < 1.29 is 32.2 Å². The van der Waals surface area contributed by atoms with E-state index in [0.29, 0.717) is 55.4 Å². The van der Waals surface area contributed by atoms with Crippen LogP contribution in [-0.2, 0) is 22.3 Å². The third-order valence-corrected chi connectivity index (χ3v) is 6.98. The van der Waals surface area contributed by atoms with Crippen molar-refractivity contribution in [2.24, 2.45) is 0 Å². The van der Waals surface area contributed by atoms with Crippen molar-refractivity contribution in [2.75, 3.05) is 51.4 Å². The molecule has 0 saturated carbocycles. The molecule has 3 aromatic rings. The Morgan fingerprint density at radius 3 is 2.36 bits per heavy atom. The summed E-state index contributed by atoms with van der Waals surface area (Å²) in [6, 6.07) is 8.50. The number of methoxy groups -OCH3 is 1. The van der Waals surface area contributed by atoms with E-state index in [4.69, 9.17) is 19.5 Å². The van der Waals surface area contributed by atoms with E-state index in [2.05, 4.69) is 15.1 Å². The molecule has 2 aromatic heterocycles. The molecule has 3 heterocycles. The molecule has 0 bridgehead atoms. The summed E-state index contributed by atoms with van der Waals surface area (Å²) in [4.78, 5) is 37.5. The fraction of sp³-hybridized carbons (Fsp3) is 0.448. The number of alkyl halides is 3. The van der Waals surface area contributed by atoms with Gasteiger partial charge in [0.1, 0.15) is 17.9 Å². The van der Waals surface area contributed by atoms with Crippen molar-refractivity contribution >= 4 is 11.9 Å². The molecule has 0 radical (unpaired) electrons. The maximum atomic E-state index is 14.0. The number of hydrogen-bond acceptors (Lipinski definition) is 10. The number of nitriles is 1. The van der Waals surface area contributed by atoms with Crippen LogP contribution >= 0.6 is 0 Å². The van der Waals surface area contributed by atoms with Crippen LogP contribution in [0.1, 0.15) is 36.5 Å². The largest absolute Gasteiger partial charge is 0.497 e. The van der Waals surface area contributed by atoms with Gasteiger partial charge in [0.25, 0.3) is 5.56 Å². The minimum atomic E-state index is -4.97. The molecule has 15 heteroatoms. The molecule has 234 valence electrons. The van der Waals surface area contributed by atoms with Crippen LogP contribution in [0.15, 0.2) is 47.7 Å². The second-order valence-electron chi connectivity index (χ2n) is 9.92. The van der Waals surface area contributed by atoms with Crippen LogP contribution in [0.5, 0.6) is 11.5 Å². The molecule has 1 atom stereocenters. The predicted octanol–water partition coefficient (Wildman–Crippen LogP) is 2.89. The minimum absolute atomic E-state index is 0.0471. The Hall–Kier alpha value is -4.71. The summed E-state index contributed by atoms with van der Waals surface area (Å²) in [5, 5.41) is 12.8. The fourth-order valence-corrected chi connectivity index (χ4v) is 4.49. The number of anilines is 1. The van der Waals surface area contributed by atoms with Crippen LogP contribution in [0.3, 0.4) is 0 Å². The zero-order valence-corrected chi connectivity index (χ0v) is 24.3. The van der Waals surface area contributed by atoms with Gasteiger partial charge >= 0.3 is 6.18 Å². The van der Waals surface area contributed by atoms with Crippen LogP contribution < -0.4 is 19.9 Å². The summed E-state index contributed by atoms with van der Waals surface area (Å²) in [7, 11) is 1.49. The topological polar surface area (TPSA) is 136 Å². The Morgan fingerprint density at radius 1 is 1.09 bits per heavy atom. The lowest BCUT2D eigenvalue weighted by Gasteiger charge is -2.34. The van der Waals surface area contributed by atoms with E-state index in [0.717, 1.165) is 10.9 Å². The van der Waals surface area contributed by atoms with Crippen molar-refractivity contribution in [1.82, 2.24) is 24.6 Å². The monoisotopic (exact) mass is 615 g/mol. The van der Waals surface area contributed by atoms with E-state index in [1.807, 2.05) is 11.0 Å². The molecule has 1 amide bonds. The number of ether oxygens (including phenoxy) is 3. The zero-order chi connectivity index (χ0) is 31.7. The van der Waals surface area contributed by atoms with Gasteiger partial charge in [-0.1, -0.05) is 19.1 Å². The first-order chi connectivity index (χ1) is 21.1. The molecule has 12 nitrogen and oxygen atoms in total. The number of rotatable bonds is 12. The van der Waals surface area contributed by atoms with E-state index in [1.165, 1.54) is 19.5 Å². The lowest BCUT2D eigenvalue weighted by molar-refractivity contribution is -0.141. The van der Waals surface area contributed by atoms with E-state index < -0.39 is 29.2 Å². The normalized spacial score (nSPS) is 14.2. The number of halogens is 3. The standard InChI is InChI=1S/C29H32F3N7O5/c1-3-22(19-43-13-8-25(40)37-9-11-38(12-10-37)28-34-15-21(14-33)16-35-28)44-24-17-36-39(27(41)26(24)29(30,31)32)18-20-4-6-23(42-2)7-5-20/h4-7,15-17,22H,3,8-13,18-19H2,1-2H3/t22-/m0/s1. The smallest absolute Gasteiger partial charge is 0.425 e. The van der Waals surface area contributed by atoms with Crippen molar-refractivity contribution in [3.63, 3.8) is 0 Å². The summed E-state index contributed by atoms with van der Waals surface area (Å²) in [6.45, 7) is 3.48. The highest BCUT2D eigenvalue weighted by atomic mass is 19.4. The number of aromatic nitrogens is 4. The minimum Gasteiger partial charge on any atom is -0.497 e. The van der Waals surface area contributed by atoms with Crippen LogP contribution in [0.25, 0.3) is 0 Å². The highest BCUT2D eigenvalue weighted by Crippen LogP contribution is 2.33. The van der Waals surface area contributed by atoms with E-state index in [1.54, 1.807) is 36.1 Å². The third-order valence-electron chi connectivity index (χ3n) is 6.98. The molecule has 0 N–H and O–H groups in total. The Kier molecular flexibility index (Phi) is 10.7. The number of nitrogens with zero attached hydrogens (tertiary/aromatic N) is 7. The molecular weight excluding hydrogens is 583 g/mol. The molecule has 1 aliphatic heterocycles. The van der Waals surface area contributed by atoms with Gasteiger partial charge in [0.2, 0.25) is 11.9 Å². The molecule has 1 aromatic carbocycles. The number of benzene rings is 1. The van der Waals surface area contributed by atoms with E-state index in [-0.39, 0.29) is 32.1 Å². The second kappa shape index (κ2) is 14.6. The van der Waals surface area contributed by atoms with Gasteiger partial charge in [0.05, 0.1) is 57.4 Å². The van der Waals surface area contributed by atoms with Crippen LogP contribution in [0.4, 0.5) is 19.1 Å². The molecule has 1 fully saturated rings. The fourth-order valence-electron chi connectivity index (χ4n) is 4.49. The molecule has 1 aliphatic rings. The van der Waals surface area contributed by atoms with E-state index in [9.17, 15) is 22.8 Å². The van der Waals surface area contributed by atoms with Crippen molar-refractivity contribution in [2.45, 2.75) is 38.6 Å². The van der Waals surface area contributed by atoms with Crippen LogP contribution in [0.2, 0.25) is 0 Å².